The minimum Gasteiger partial charge on any atom is -0.330 e. The maximum absolute atomic E-state index is 12.0. The largest absolute Gasteiger partial charge is 0.389 e. The summed E-state index contributed by atoms with van der Waals surface area (Å²) in [6.45, 7) is 0.410. The van der Waals surface area contributed by atoms with Gasteiger partial charge in [-0.2, -0.15) is 13.2 Å². The van der Waals surface area contributed by atoms with Gasteiger partial charge in [-0.3, -0.25) is 4.79 Å². The third-order valence-corrected chi connectivity index (χ3v) is 2.60. The van der Waals surface area contributed by atoms with Crippen molar-refractivity contribution in [3.8, 4) is 0 Å². The predicted octanol–water partition coefficient (Wildman–Crippen LogP) is 3.10. The van der Waals surface area contributed by atoms with Crippen LogP contribution in [0.5, 0.6) is 0 Å². The van der Waals surface area contributed by atoms with Crippen molar-refractivity contribution >= 4 is 5.78 Å². The van der Waals surface area contributed by atoms with Crippen molar-refractivity contribution < 1.29 is 18.0 Å². The molecule has 0 heterocycles. The average molecular weight is 259 g/mol. The van der Waals surface area contributed by atoms with Crippen LogP contribution in [0.1, 0.15) is 35.2 Å². The van der Waals surface area contributed by atoms with Gasteiger partial charge < -0.3 is 5.73 Å². The summed E-state index contributed by atoms with van der Waals surface area (Å²) < 4.78 is 35.9. The van der Waals surface area contributed by atoms with Crippen LogP contribution < -0.4 is 5.73 Å². The second-order valence-corrected chi connectivity index (χ2v) is 4.09. The van der Waals surface area contributed by atoms with E-state index in [0.29, 0.717) is 18.5 Å². The van der Waals surface area contributed by atoms with Crippen LogP contribution in [0.15, 0.2) is 24.3 Å². The predicted molar refractivity (Wildman–Crippen MR) is 63.4 cm³/mol. The van der Waals surface area contributed by atoms with E-state index < -0.39 is 12.6 Å². The van der Waals surface area contributed by atoms with Crippen LogP contribution in [0.3, 0.4) is 0 Å². The van der Waals surface area contributed by atoms with Crippen molar-refractivity contribution in [2.45, 2.75) is 31.9 Å². The summed E-state index contributed by atoms with van der Waals surface area (Å²) in [5.41, 5.74) is 6.72. The Labute approximate surface area is 104 Å². The summed E-state index contributed by atoms with van der Waals surface area (Å²) in [5.74, 6) is -0.247. The molecule has 2 N–H and O–H groups in total. The van der Waals surface area contributed by atoms with Crippen LogP contribution in [0.4, 0.5) is 13.2 Å². The van der Waals surface area contributed by atoms with Crippen LogP contribution in [-0.2, 0) is 6.42 Å². The molecule has 0 atom stereocenters. The van der Waals surface area contributed by atoms with E-state index in [9.17, 15) is 18.0 Å². The smallest absolute Gasteiger partial charge is 0.330 e. The van der Waals surface area contributed by atoms with Gasteiger partial charge in [0.05, 0.1) is 0 Å². The lowest BCUT2D eigenvalue weighted by molar-refractivity contribution is -0.135. The van der Waals surface area contributed by atoms with Gasteiger partial charge in [0.2, 0.25) is 0 Å². The fourth-order valence-corrected chi connectivity index (χ4v) is 1.75. The van der Waals surface area contributed by atoms with Gasteiger partial charge >= 0.3 is 6.18 Å². The number of halogens is 3. The molecule has 0 bridgehead atoms. The number of benzene rings is 1. The Morgan fingerprint density at radius 1 is 1.22 bits per heavy atom. The van der Waals surface area contributed by atoms with E-state index >= 15 is 0 Å². The number of carbonyl (C=O) groups excluding carboxylic acids is 1. The van der Waals surface area contributed by atoms with Gasteiger partial charge in [0.15, 0.2) is 5.78 Å². The van der Waals surface area contributed by atoms with Crippen molar-refractivity contribution in [2.75, 3.05) is 6.54 Å². The molecule has 0 aliphatic rings. The average Bonchev–Trinajstić information content (AvgIpc) is 2.28. The van der Waals surface area contributed by atoms with E-state index in [1.54, 1.807) is 24.3 Å². The first-order chi connectivity index (χ1) is 8.44. The van der Waals surface area contributed by atoms with Gasteiger partial charge in [0.1, 0.15) is 0 Å². The summed E-state index contributed by atoms with van der Waals surface area (Å²) in [7, 11) is 0. The lowest BCUT2D eigenvalue weighted by atomic mass is 9.98. The van der Waals surface area contributed by atoms with E-state index in [-0.39, 0.29) is 18.6 Å². The zero-order chi connectivity index (χ0) is 13.6. The van der Waals surface area contributed by atoms with Crippen molar-refractivity contribution in [1.29, 1.82) is 0 Å². The lowest BCUT2D eigenvalue weighted by Gasteiger charge is -2.08. The Kier molecular flexibility index (Phi) is 5.34. The number of hydrogen-bond acceptors (Lipinski definition) is 2. The molecule has 0 aliphatic carbocycles. The molecule has 0 radical (unpaired) electrons. The van der Waals surface area contributed by atoms with Gasteiger partial charge in [-0.25, -0.2) is 0 Å². The highest BCUT2D eigenvalue weighted by molar-refractivity contribution is 5.97. The quantitative estimate of drug-likeness (QED) is 0.798. The topological polar surface area (TPSA) is 43.1 Å². The Bertz CT molecular complexity index is 401. The van der Waals surface area contributed by atoms with Crippen molar-refractivity contribution in [2.24, 2.45) is 5.73 Å². The maximum atomic E-state index is 12.0. The maximum Gasteiger partial charge on any atom is 0.389 e. The number of carbonyl (C=O) groups is 1. The summed E-state index contributed by atoms with van der Waals surface area (Å²) in [5, 5.41) is 0. The number of hydrogen-bond donors (Lipinski definition) is 1. The molecule has 1 aromatic rings. The Morgan fingerprint density at radius 2 is 1.89 bits per heavy atom. The number of nitrogens with two attached hydrogens (primary N) is 1. The Hall–Kier alpha value is -1.36. The lowest BCUT2D eigenvalue weighted by Crippen LogP contribution is -2.11. The van der Waals surface area contributed by atoms with E-state index in [2.05, 4.69) is 0 Å². The van der Waals surface area contributed by atoms with E-state index in [0.717, 1.165) is 5.56 Å². The summed E-state index contributed by atoms with van der Waals surface area (Å²) in [6.07, 6.45) is -4.81. The van der Waals surface area contributed by atoms with Gasteiger partial charge in [0.25, 0.3) is 0 Å². The first-order valence-electron chi connectivity index (χ1n) is 5.82. The summed E-state index contributed by atoms with van der Waals surface area (Å²) >= 11 is 0. The van der Waals surface area contributed by atoms with E-state index in [1.807, 2.05) is 0 Å². The number of ketones is 1. The van der Waals surface area contributed by atoms with Crippen molar-refractivity contribution in [1.82, 2.24) is 0 Å². The molecule has 0 spiro atoms. The van der Waals surface area contributed by atoms with Gasteiger partial charge in [-0.05, 0) is 24.9 Å². The van der Waals surface area contributed by atoms with E-state index in [1.165, 1.54) is 0 Å². The molecule has 0 amide bonds. The van der Waals surface area contributed by atoms with Crippen LogP contribution >= 0.6 is 0 Å². The second kappa shape index (κ2) is 6.54. The summed E-state index contributed by atoms with van der Waals surface area (Å²) in [6, 6.07) is 6.92. The minimum atomic E-state index is -4.20. The molecule has 0 saturated carbocycles. The molecule has 1 rings (SSSR count). The highest BCUT2D eigenvalue weighted by Crippen LogP contribution is 2.23. The Morgan fingerprint density at radius 3 is 2.50 bits per heavy atom. The molecule has 0 unspecified atom stereocenters. The fraction of sp³-hybridized carbons (Fsp3) is 0.462. The number of Topliss-reactive ketones (excluding diaryl/α,β-unsaturated/α-hetero) is 1. The van der Waals surface area contributed by atoms with Crippen LogP contribution in [0.25, 0.3) is 0 Å². The van der Waals surface area contributed by atoms with Gasteiger partial charge in [-0.1, -0.05) is 24.3 Å². The van der Waals surface area contributed by atoms with Gasteiger partial charge in [0, 0.05) is 18.4 Å². The van der Waals surface area contributed by atoms with E-state index in [4.69, 9.17) is 5.73 Å². The first-order valence-corrected chi connectivity index (χ1v) is 5.82. The molecule has 0 fully saturated rings. The number of alkyl halides is 3. The van der Waals surface area contributed by atoms with Crippen LogP contribution in [0, 0.1) is 0 Å². The molecule has 0 saturated heterocycles. The molecule has 2 nitrogen and oxygen atoms in total. The molecule has 5 heteroatoms. The highest BCUT2D eigenvalue weighted by atomic mass is 19.4. The molecule has 18 heavy (non-hydrogen) atoms. The monoisotopic (exact) mass is 259 g/mol. The SMILES string of the molecule is NCCc1ccccc1C(=O)CCCC(F)(F)F. The molecule has 0 aromatic heterocycles. The third kappa shape index (κ3) is 4.87. The first kappa shape index (κ1) is 14.7. The standard InChI is InChI=1S/C13H16F3NO/c14-13(15,16)8-3-6-12(18)11-5-2-1-4-10(11)7-9-17/h1-2,4-5H,3,6-9,17H2. The van der Waals surface area contributed by atoms with Crippen LogP contribution in [-0.4, -0.2) is 18.5 Å². The molecular formula is C13H16F3NO. The molecular weight excluding hydrogens is 243 g/mol. The second-order valence-electron chi connectivity index (χ2n) is 4.09. The molecule has 0 aliphatic heterocycles. The van der Waals surface area contributed by atoms with Crippen molar-refractivity contribution in [3.63, 3.8) is 0 Å². The highest BCUT2D eigenvalue weighted by Gasteiger charge is 2.26. The molecule has 100 valence electrons. The minimum absolute atomic E-state index is 0.0822. The zero-order valence-electron chi connectivity index (χ0n) is 9.96. The summed E-state index contributed by atoms with van der Waals surface area (Å²) in [4.78, 5) is 11.8. The fourth-order valence-electron chi connectivity index (χ4n) is 1.75. The Balaban J connectivity index is 2.61. The van der Waals surface area contributed by atoms with Crippen molar-refractivity contribution in [3.05, 3.63) is 35.4 Å². The van der Waals surface area contributed by atoms with Crippen LogP contribution in [0.2, 0.25) is 0 Å². The van der Waals surface area contributed by atoms with Gasteiger partial charge in [-0.15, -0.1) is 0 Å². The normalized spacial score (nSPS) is 11.6. The third-order valence-electron chi connectivity index (χ3n) is 2.60. The zero-order valence-corrected chi connectivity index (χ0v) is 9.96. The molecule has 1 aromatic carbocycles. The number of rotatable bonds is 6.